The first kappa shape index (κ1) is 26.9. The highest BCUT2D eigenvalue weighted by Crippen LogP contribution is 2.57. The molecule has 1 nitrogen and oxygen atoms in total. The van der Waals surface area contributed by atoms with Gasteiger partial charge in [0.2, 0.25) is 0 Å². The first-order chi connectivity index (χ1) is 22.2. The minimum atomic E-state index is -0.273. The van der Waals surface area contributed by atoms with Crippen molar-refractivity contribution < 1.29 is 0 Å². The van der Waals surface area contributed by atoms with Crippen LogP contribution in [0.4, 0.5) is 17.1 Å². The first-order valence-electron chi connectivity index (χ1n) is 15.6. The topological polar surface area (TPSA) is 3.24 Å². The van der Waals surface area contributed by atoms with E-state index < -0.39 is 0 Å². The molecule has 0 aliphatic heterocycles. The molecule has 45 heavy (non-hydrogen) atoms. The summed E-state index contributed by atoms with van der Waals surface area (Å²) < 4.78 is 0. The molecule has 0 radical (unpaired) electrons. The number of hydrogen-bond acceptors (Lipinski definition) is 1. The van der Waals surface area contributed by atoms with E-state index in [4.69, 9.17) is 0 Å². The zero-order chi connectivity index (χ0) is 30.2. The van der Waals surface area contributed by atoms with E-state index in [-0.39, 0.29) is 5.41 Å². The maximum atomic E-state index is 2.46. The van der Waals surface area contributed by atoms with Gasteiger partial charge in [-0.1, -0.05) is 158 Å². The van der Waals surface area contributed by atoms with Crippen LogP contribution in [0.1, 0.15) is 23.6 Å². The number of anilines is 3. The summed E-state index contributed by atoms with van der Waals surface area (Å²) in [6.07, 6.45) is 0. The van der Waals surface area contributed by atoms with E-state index in [0.29, 0.717) is 0 Å². The van der Waals surface area contributed by atoms with E-state index in [0.717, 1.165) is 11.4 Å². The molecular weight excluding hydrogens is 542 g/mol. The van der Waals surface area contributed by atoms with Crippen LogP contribution < -0.4 is 4.90 Å². The number of fused-ring (bicyclic) bond motifs is 3. The molecule has 0 bridgehead atoms. The highest BCUT2D eigenvalue weighted by atomic mass is 15.1. The second kappa shape index (κ2) is 11.1. The quantitative estimate of drug-likeness (QED) is 0.191. The Labute approximate surface area is 265 Å². The van der Waals surface area contributed by atoms with Gasteiger partial charge in [-0.25, -0.2) is 0 Å². The van der Waals surface area contributed by atoms with Crippen molar-refractivity contribution in [2.75, 3.05) is 4.90 Å². The largest absolute Gasteiger partial charge is 0.309 e. The number of hydrogen-bond donors (Lipinski definition) is 0. The molecule has 0 aromatic heterocycles. The molecule has 0 saturated carbocycles. The molecule has 8 rings (SSSR count). The van der Waals surface area contributed by atoms with Gasteiger partial charge in [0.15, 0.2) is 0 Å². The first-order valence-corrected chi connectivity index (χ1v) is 15.6. The lowest BCUT2D eigenvalue weighted by atomic mass is 9.74. The van der Waals surface area contributed by atoms with Crippen LogP contribution in [0.25, 0.3) is 33.4 Å². The molecule has 7 aromatic rings. The lowest BCUT2D eigenvalue weighted by Crippen LogP contribution is -2.22. The molecular formula is C44H33N. The van der Waals surface area contributed by atoms with E-state index in [1.165, 1.54) is 55.8 Å². The van der Waals surface area contributed by atoms with Gasteiger partial charge in [0, 0.05) is 22.2 Å². The molecule has 1 atom stereocenters. The molecule has 0 heterocycles. The van der Waals surface area contributed by atoms with Crippen LogP contribution in [0.5, 0.6) is 0 Å². The van der Waals surface area contributed by atoms with E-state index in [1.807, 2.05) is 0 Å². The zero-order valence-corrected chi connectivity index (χ0v) is 25.3. The van der Waals surface area contributed by atoms with Gasteiger partial charge in [0.05, 0.1) is 11.4 Å². The third-order valence-electron chi connectivity index (χ3n) is 9.37. The summed E-state index contributed by atoms with van der Waals surface area (Å²) >= 11 is 0. The van der Waals surface area contributed by atoms with Crippen LogP contribution >= 0.6 is 0 Å². The van der Waals surface area contributed by atoms with Crippen molar-refractivity contribution in [2.45, 2.75) is 12.3 Å². The summed E-state index contributed by atoms with van der Waals surface area (Å²) in [7, 11) is 0. The van der Waals surface area contributed by atoms with E-state index in [2.05, 4.69) is 194 Å². The smallest absolute Gasteiger partial charge is 0.0543 e. The minimum absolute atomic E-state index is 0.273. The summed E-state index contributed by atoms with van der Waals surface area (Å²) in [6, 6.07) is 65.9. The van der Waals surface area contributed by atoms with Gasteiger partial charge >= 0.3 is 0 Å². The van der Waals surface area contributed by atoms with Gasteiger partial charge < -0.3 is 4.90 Å². The molecule has 0 spiro atoms. The molecule has 1 aliphatic rings. The molecule has 0 fully saturated rings. The van der Waals surface area contributed by atoms with Crippen molar-refractivity contribution in [3.8, 4) is 33.4 Å². The fourth-order valence-electron chi connectivity index (χ4n) is 7.16. The second-order valence-corrected chi connectivity index (χ2v) is 11.9. The lowest BCUT2D eigenvalue weighted by molar-refractivity contribution is 0.714. The van der Waals surface area contributed by atoms with Gasteiger partial charge in [-0.05, 0) is 70.1 Å². The maximum Gasteiger partial charge on any atom is 0.0543 e. The molecule has 7 aromatic carbocycles. The second-order valence-electron chi connectivity index (χ2n) is 11.9. The monoisotopic (exact) mass is 575 g/mol. The predicted octanol–water partition coefficient (Wildman–Crippen LogP) is 11.8. The van der Waals surface area contributed by atoms with Crippen molar-refractivity contribution in [1.82, 2.24) is 0 Å². The summed E-state index contributed by atoms with van der Waals surface area (Å²) in [5.74, 6) is 0. The minimum Gasteiger partial charge on any atom is -0.309 e. The SMILES string of the molecule is CC1(c2ccccc2)c2ccccc2-c2c(N(c3ccc(-c4ccccc4)cc3)c3ccccc3-c3ccccc3)cccc21. The van der Waals surface area contributed by atoms with E-state index in [1.54, 1.807) is 0 Å². The zero-order valence-electron chi connectivity index (χ0n) is 25.3. The molecule has 214 valence electrons. The Morgan fingerprint density at radius 2 is 0.889 bits per heavy atom. The lowest BCUT2D eigenvalue weighted by Gasteiger charge is -2.31. The van der Waals surface area contributed by atoms with Crippen LogP contribution in [0.15, 0.2) is 182 Å². The van der Waals surface area contributed by atoms with Crippen molar-refractivity contribution in [1.29, 1.82) is 0 Å². The number of rotatable bonds is 6. The molecule has 0 N–H and O–H groups in total. The van der Waals surface area contributed by atoms with Crippen molar-refractivity contribution in [2.24, 2.45) is 0 Å². The van der Waals surface area contributed by atoms with Crippen LogP contribution in [-0.4, -0.2) is 0 Å². The Balaban J connectivity index is 1.39. The third-order valence-corrected chi connectivity index (χ3v) is 9.37. The van der Waals surface area contributed by atoms with Crippen LogP contribution in [0.3, 0.4) is 0 Å². The number of benzene rings is 7. The van der Waals surface area contributed by atoms with Gasteiger partial charge in [-0.3, -0.25) is 0 Å². The van der Waals surface area contributed by atoms with E-state index in [9.17, 15) is 0 Å². The van der Waals surface area contributed by atoms with Crippen LogP contribution in [0.2, 0.25) is 0 Å². The Bertz CT molecular complexity index is 2100. The molecule has 0 saturated heterocycles. The molecule has 1 unspecified atom stereocenters. The summed E-state index contributed by atoms with van der Waals surface area (Å²) in [6.45, 7) is 2.38. The molecule has 1 heteroatoms. The Kier molecular flexibility index (Phi) is 6.65. The standard InChI is InChI=1S/C44H33N/c1-44(35-20-9-4-10-21-35)39-24-13-11-23-38(39)43-40(44)25-15-27-42(43)45(36-30-28-33(29-31-36)32-16-5-2-6-17-32)41-26-14-12-22-37(41)34-18-7-3-8-19-34/h2-31H,1H3. The highest BCUT2D eigenvalue weighted by Gasteiger charge is 2.42. The van der Waals surface area contributed by atoms with Gasteiger partial charge in [0.1, 0.15) is 0 Å². The van der Waals surface area contributed by atoms with Crippen molar-refractivity contribution in [3.63, 3.8) is 0 Å². The average Bonchev–Trinajstić information content (AvgIpc) is 3.39. The normalized spacial score (nSPS) is 14.9. The molecule has 0 amide bonds. The average molecular weight is 576 g/mol. The summed E-state index contributed by atoms with van der Waals surface area (Å²) in [5.41, 5.74) is 14.5. The number of nitrogens with zero attached hydrogens (tertiary/aromatic N) is 1. The van der Waals surface area contributed by atoms with Gasteiger partial charge in [0.25, 0.3) is 0 Å². The van der Waals surface area contributed by atoms with Gasteiger partial charge in [-0.15, -0.1) is 0 Å². The number of para-hydroxylation sites is 1. The van der Waals surface area contributed by atoms with Crippen molar-refractivity contribution in [3.05, 3.63) is 199 Å². The highest BCUT2D eigenvalue weighted by molar-refractivity contribution is 5.98. The van der Waals surface area contributed by atoms with Crippen LogP contribution in [0, 0.1) is 0 Å². The Morgan fingerprint density at radius 1 is 0.378 bits per heavy atom. The molecule has 1 aliphatic carbocycles. The fraction of sp³-hybridized carbons (Fsp3) is 0.0455. The third kappa shape index (κ3) is 4.48. The maximum absolute atomic E-state index is 2.46. The Hall–Kier alpha value is -5.66. The summed E-state index contributed by atoms with van der Waals surface area (Å²) in [4.78, 5) is 2.46. The fourth-order valence-corrected chi connectivity index (χ4v) is 7.16. The van der Waals surface area contributed by atoms with E-state index >= 15 is 0 Å². The van der Waals surface area contributed by atoms with Gasteiger partial charge in [-0.2, -0.15) is 0 Å². The Morgan fingerprint density at radius 3 is 1.60 bits per heavy atom. The van der Waals surface area contributed by atoms with Crippen molar-refractivity contribution >= 4 is 17.1 Å². The van der Waals surface area contributed by atoms with Crippen LogP contribution in [-0.2, 0) is 5.41 Å². The predicted molar refractivity (Wildman–Crippen MR) is 189 cm³/mol. The summed E-state index contributed by atoms with van der Waals surface area (Å²) in [5, 5.41) is 0.